The Balaban J connectivity index is 3.87. The molecule has 0 spiro atoms. The molecular formula is C8H19N4+. The number of rotatable bonds is 5. The summed E-state index contributed by atoms with van der Waals surface area (Å²) in [5.41, 5.74) is 0. The lowest BCUT2D eigenvalue weighted by molar-refractivity contribution is -0.122. The van der Waals surface area contributed by atoms with Gasteiger partial charge in [-0.05, 0) is 12.8 Å². The standard InChI is InChI=1S/C8H18N4/c1-3-5-6-7(4-2)8(9)11-12-10/h7H,3-6H2,1-2H3,(H3,9,10,11)/p+1. The van der Waals surface area contributed by atoms with Crippen molar-refractivity contribution >= 4 is 5.84 Å². The first-order valence-corrected chi connectivity index (χ1v) is 4.49. The average Bonchev–Trinajstić information content (AvgIpc) is 2.06. The van der Waals surface area contributed by atoms with Gasteiger partial charge in [0.2, 0.25) is 0 Å². The smallest absolute Gasteiger partial charge is 0.285 e. The van der Waals surface area contributed by atoms with E-state index in [1.165, 1.54) is 12.8 Å². The Labute approximate surface area is 73.7 Å². The van der Waals surface area contributed by atoms with Gasteiger partial charge < -0.3 is 0 Å². The topological polar surface area (TPSA) is 76.3 Å². The minimum Gasteiger partial charge on any atom is -0.285 e. The van der Waals surface area contributed by atoms with Crippen LogP contribution in [-0.4, -0.2) is 5.84 Å². The van der Waals surface area contributed by atoms with E-state index >= 15 is 0 Å². The average molecular weight is 171 g/mol. The molecule has 0 aliphatic rings. The number of amidine groups is 1. The molecule has 1 atom stereocenters. The highest BCUT2D eigenvalue weighted by atomic mass is 15.3. The molecule has 4 nitrogen and oxygen atoms in total. The first-order chi connectivity index (χ1) is 5.76. The van der Waals surface area contributed by atoms with Crippen LogP contribution in [0.15, 0.2) is 10.3 Å². The van der Waals surface area contributed by atoms with Crippen LogP contribution >= 0.6 is 0 Å². The summed E-state index contributed by atoms with van der Waals surface area (Å²) in [6.45, 7) is 4.26. The van der Waals surface area contributed by atoms with Crippen LogP contribution in [0.5, 0.6) is 0 Å². The van der Waals surface area contributed by atoms with Crippen molar-refractivity contribution < 1.29 is 5.41 Å². The highest BCUT2D eigenvalue weighted by molar-refractivity contribution is 5.78. The van der Waals surface area contributed by atoms with Crippen LogP contribution in [0, 0.1) is 5.92 Å². The molecule has 0 aromatic rings. The van der Waals surface area contributed by atoms with Gasteiger partial charge >= 0.3 is 5.84 Å². The predicted octanol–water partition coefficient (Wildman–Crippen LogP) is 0.686. The third-order valence-electron chi connectivity index (χ3n) is 1.99. The third kappa shape index (κ3) is 4.05. The van der Waals surface area contributed by atoms with E-state index < -0.39 is 0 Å². The quantitative estimate of drug-likeness (QED) is 0.206. The zero-order valence-corrected chi connectivity index (χ0v) is 7.95. The molecule has 0 bridgehead atoms. The van der Waals surface area contributed by atoms with Crippen LogP contribution in [0.1, 0.15) is 39.5 Å². The molecule has 0 fully saturated rings. The molecule has 4 N–H and O–H groups in total. The lowest BCUT2D eigenvalue weighted by atomic mass is 9.98. The Morgan fingerprint density at radius 2 is 2.17 bits per heavy atom. The zero-order chi connectivity index (χ0) is 9.40. The Bertz CT molecular complexity index is 153. The summed E-state index contributed by atoms with van der Waals surface area (Å²) in [6.07, 6.45) is 4.45. The lowest BCUT2D eigenvalue weighted by Gasteiger charge is -2.05. The highest BCUT2D eigenvalue weighted by Crippen LogP contribution is 2.12. The maximum absolute atomic E-state index is 5.66. The Hall–Kier alpha value is -0.930. The number of hydrogen-bond donors (Lipinski definition) is 2. The summed E-state index contributed by atoms with van der Waals surface area (Å²) in [5, 5.41) is 12.5. The first-order valence-electron chi connectivity index (χ1n) is 4.49. The highest BCUT2D eigenvalue weighted by Gasteiger charge is 2.18. The van der Waals surface area contributed by atoms with Gasteiger partial charge in [0.25, 0.3) is 0 Å². The molecule has 0 aliphatic heterocycles. The largest absolute Gasteiger partial charge is 0.322 e. The molecule has 12 heavy (non-hydrogen) atoms. The fraction of sp³-hybridized carbons (Fsp3) is 0.875. The molecule has 0 rings (SSSR count). The SMILES string of the molecule is CCCCC(CC)C(=[NH2+])N=NN. The molecular weight excluding hydrogens is 152 g/mol. The van der Waals surface area contributed by atoms with E-state index in [2.05, 4.69) is 24.2 Å². The molecule has 0 radical (unpaired) electrons. The van der Waals surface area contributed by atoms with Crippen molar-refractivity contribution in [1.29, 1.82) is 0 Å². The van der Waals surface area contributed by atoms with E-state index in [0.717, 1.165) is 12.8 Å². The normalized spacial score (nSPS) is 13.5. The van der Waals surface area contributed by atoms with E-state index in [1.807, 2.05) is 0 Å². The van der Waals surface area contributed by atoms with Crippen LogP contribution in [0.4, 0.5) is 0 Å². The maximum atomic E-state index is 5.66. The number of hydrogen-bond acceptors (Lipinski definition) is 1. The summed E-state index contributed by atoms with van der Waals surface area (Å²) >= 11 is 0. The second-order valence-electron chi connectivity index (χ2n) is 2.89. The maximum Gasteiger partial charge on any atom is 0.322 e. The molecule has 0 aliphatic carbocycles. The van der Waals surface area contributed by atoms with Crippen LogP contribution in [0.25, 0.3) is 0 Å². The predicted molar refractivity (Wildman–Crippen MR) is 49.3 cm³/mol. The van der Waals surface area contributed by atoms with Crippen molar-refractivity contribution in [2.45, 2.75) is 39.5 Å². The zero-order valence-electron chi connectivity index (χ0n) is 7.95. The van der Waals surface area contributed by atoms with Gasteiger partial charge in [0.15, 0.2) is 0 Å². The van der Waals surface area contributed by atoms with Crippen LogP contribution in [0.3, 0.4) is 0 Å². The van der Waals surface area contributed by atoms with Gasteiger partial charge in [0.05, 0.1) is 11.0 Å². The second kappa shape index (κ2) is 6.76. The van der Waals surface area contributed by atoms with Gasteiger partial charge in [-0.2, -0.15) is 0 Å². The minimum absolute atomic E-state index is 0.345. The van der Waals surface area contributed by atoms with E-state index in [9.17, 15) is 0 Å². The van der Waals surface area contributed by atoms with E-state index in [1.54, 1.807) is 0 Å². The summed E-state index contributed by atoms with van der Waals surface area (Å²) in [5.74, 6) is 5.82. The lowest BCUT2D eigenvalue weighted by Crippen LogP contribution is -2.43. The van der Waals surface area contributed by atoms with Crippen molar-refractivity contribution in [2.75, 3.05) is 0 Å². The number of nitrogens with two attached hydrogens (primary N) is 2. The summed E-state index contributed by atoms with van der Waals surface area (Å²) < 4.78 is 0. The first kappa shape index (κ1) is 11.1. The summed E-state index contributed by atoms with van der Waals surface area (Å²) in [6, 6.07) is 0. The summed E-state index contributed by atoms with van der Waals surface area (Å²) in [4.78, 5) is 0. The number of unbranched alkanes of at least 4 members (excludes halogenated alkanes) is 1. The van der Waals surface area contributed by atoms with Crippen LogP contribution < -0.4 is 11.3 Å². The molecule has 0 saturated heterocycles. The van der Waals surface area contributed by atoms with Crippen molar-refractivity contribution in [3.63, 3.8) is 0 Å². The van der Waals surface area contributed by atoms with Crippen LogP contribution in [0.2, 0.25) is 0 Å². The van der Waals surface area contributed by atoms with Gasteiger partial charge in [-0.1, -0.05) is 26.7 Å². The molecule has 0 aromatic heterocycles. The Morgan fingerprint density at radius 1 is 1.50 bits per heavy atom. The molecule has 0 heterocycles. The van der Waals surface area contributed by atoms with Crippen molar-refractivity contribution in [3.05, 3.63) is 0 Å². The Morgan fingerprint density at radius 3 is 2.58 bits per heavy atom. The second-order valence-corrected chi connectivity index (χ2v) is 2.89. The Kier molecular flexibility index (Phi) is 6.24. The fourth-order valence-electron chi connectivity index (χ4n) is 1.16. The summed E-state index contributed by atoms with van der Waals surface area (Å²) in [7, 11) is 0. The molecule has 0 aromatic carbocycles. The molecule has 70 valence electrons. The molecule has 4 heteroatoms. The van der Waals surface area contributed by atoms with Gasteiger partial charge in [0, 0.05) is 5.22 Å². The van der Waals surface area contributed by atoms with Gasteiger partial charge in [-0.3, -0.25) is 11.3 Å². The van der Waals surface area contributed by atoms with E-state index in [-0.39, 0.29) is 0 Å². The van der Waals surface area contributed by atoms with Crippen molar-refractivity contribution in [3.8, 4) is 0 Å². The van der Waals surface area contributed by atoms with Crippen molar-refractivity contribution in [1.82, 2.24) is 0 Å². The molecule has 0 amide bonds. The minimum atomic E-state index is 0.345. The monoisotopic (exact) mass is 171 g/mol. The van der Waals surface area contributed by atoms with Crippen LogP contribution in [-0.2, 0) is 0 Å². The molecule has 1 unspecified atom stereocenters. The fourth-order valence-corrected chi connectivity index (χ4v) is 1.16. The van der Waals surface area contributed by atoms with E-state index in [4.69, 9.17) is 11.3 Å². The van der Waals surface area contributed by atoms with Gasteiger partial charge in [-0.15, -0.1) is 0 Å². The van der Waals surface area contributed by atoms with E-state index in [0.29, 0.717) is 11.8 Å². The van der Waals surface area contributed by atoms with Gasteiger partial charge in [0.1, 0.15) is 0 Å². The third-order valence-corrected chi connectivity index (χ3v) is 1.99. The number of nitrogens with zero attached hydrogens (tertiary/aromatic N) is 2. The molecule has 0 saturated carbocycles. The van der Waals surface area contributed by atoms with Crippen molar-refractivity contribution in [2.24, 2.45) is 22.1 Å². The van der Waals surface area contributed by atoms with Gasteiger partial charge in [-0.25, -0.2) is 0 Å².